The largest absolute Gasteiger partial charge is 0.504 e. The Kier molecular flexibility index (Phi) is 6.48. The van der Waals surface area contributed by atoms with Gasteiger partial charge in [0.25, 0.3) is 0 Å². The number of carbonyl (C=O) groups excluding carboxylic acids is 1. The Labute approximate surface area is 208 Å². The van der Waals surface area contributed by atoms with Gasteiger partial charge in [0.15, 0.2) is 23.0 Å². The molecule has 0 bridgehead atoms. The highest BCUT2D eigenvalue weighted by atomic mass is 16.4. The number of rotatable bonds is 6. The van der Waals surface area contributed by atoms with Crippen LogP contribution in [0, 0.1) is 0 Å². The molecule has 186 valence electrons. The molecular weight excluding hydrogens is 460 g/mol. The van der Waals surface area contributed by atoms with Crippen molar-refractivity contribution < 1.29 is 24.5 Å². The smallest absolute Gasteiger partial charge is 0.227 e. The molecule has 0 atom stereocenters. The Balaban J connectivity index is 1.95. The molecule has 1 aromatic heterocycles. The molecule has 0 saturated carbocycles. The number of phenols is 3. The highest BCUT2D eigenvalue weighted by Crippen LogP contribution is 2.43. The quantitative estimate of drug-likeness (QED) is 0.283. The standard InChI is InChI=1S/C27H28N4O5/c1-15(32)28-21-14-19(31(4)5)10-11-20(21)24-26(16-6-8-18(9-7-16)30(2)3)36-27(29-24)17-12-22(33)25(35)23(34)13-17/h6-14,33-35H,1-5H3,(H,28,32). The fourth-order valence-corrected chi connectivity index (χ4v) is 3.77. The topological polar surface area (TPSA) is 122 Å². The van der Waals surface area contributed by atoms with Gasteiger partial charge in [-0.15, -0.1) is 0 Å². The average Bonchev–Trinajstić information content (AvgIpc) is 3.27. The van der Waals surface area contributed by atoms with Crippen LogP contribution in [-0.4, -0.2) is 54.4 Å². The number of hydrogen-bond acceptors (Lipinski definition) is 8. The van der Waals surface area contributed by atoms with Crippen molar-refractivity contribution in [2.45, 2.75) is 6.92 Å². The first kappa shape index (κ1) is 24.5. The van der Waals surface area contributed by atoms with Crippen LogP contribution in [0.2, 0.25) is 0 Å². The first-order valence-corrected chi connectivity index (χ1v) is 11.2. The van der Waals surface area contributed by atoms with E-state index in [1.54, 1.807) is 0 Å². The zero-order chi connectivity index (χ0) is 26.1. The summed E-state index contributed by atoms with van der Waals surface area (Å²) in [5.41, 5.74) is 4.54. The van der Waals surface area contributed by atoms with Crippen LogP contribution < -0.4 is 15.1 Å². The molecule has 0 fully saturated rings. The summed E-state index contributed by atoms with van der Waals surface area (Å²) in [5.74, 6) is -1.32. The van der Waals surface area contributed by atoms with Crippen LogP contribution in [0.1, 0.15) is 6.92 Å². The third-order valence-corrected chi connectivity index (χ3v) is 5.68. The molecule has 36 heavy (non-hydrogen) atoms. The number of anilines is 3. The number of hydrogen-bond donors (Lipinski definition) is 4. The maximum Gasteiger partial charge on any atom is 0.227 e. The molecule has 9 heteroatoms. The van der Waals surface area contributed by atoms with E-state index in [9.17, 15) is 20.1 Å². The Morgan fingerprint density at radius 1 is 0.833 bits per heavy atom. The summed E-state index contributed by atoms with van der Waals surface area (Å²) >= 11 is 0. The van der Waals surface area contributed by atoms with Crippen molar-refractivity contribution in [3.8, 4) is 51.3 Å². The summed E-state index contributed by atoms with van der Waals surface area (Å²) in [5, 5.41) is 32.7. The fourth-order valence-electron chi connectivity index (χ4n) is 3.77. The molecule has 0 aliphatic heterocycles. The summed E-state index contributed by atoms with van der Waals surface area (Å²) in [4.78, 5) is 20.6. The minimum absolute atomic E-state index is 0.118. The number of aromatic hydroxyl groups is 3. The van der Waals surface area contributed by atoms with Gasteiger partial charge in [-0.25, -0.2) is 4.98 Å². The van der Waals surface area contributed by atoms with Crippen LogP contribution in [0.5, 0.6) is 17.2 Å². The van der Waals surface area contributed by atoms with Crippen LogP contribution in [-0.2, 0) is 4.79 Å². The van der Waals surface area contributed by atoms with Gasteiger partial charge in [0.1, 0.15) is 5.69 Å². The number of oxazole rings is 1. The lowest BCUT2D eigenvalue weighted by atomic mass is 10.0. The zero-order valence-electron chi connectivity index (χ0n) is 20.7. The van der Waals surface area contributed by atoms with Crippen molar-refractivity contribution in [1.82, 2.24) is 4.98 Å². The summed E-state index contributed by atoms with van der Waals surface area (Å²) in [6.07, 6.45) is 0. The fraction of sp³-hybridized carbons (Fsp3) is 0.185. The minimum Gasteiger partial charge on any atom is -0.504 e. The molecule has 4 aromatic rings. The van der Waals surface area contributed by atoms with Crippen molar-refractivity contribution in [3.63, 3.8) is 0 Å². The predicted octanol–water partition coefficient (Wildman–Crippen LogP) is 4.88. The molecule has 1 amide bonds. The van der Waals surface area contributed by atoms with E-state index >= 15 is 0 Å². The van der Waals surface area contributed by atoms with E-state index in [4.69, 9.17) is 9.40 Å². The molecule has 0 aliphatic carbocycles. The lowest BCUT2D eigenvalue weighted by molar-refractivity contribution is -0.114. The van der Waals surface area contributed by atoms with Gasteiger partial charge in [0.05, 0.1) is 5.69 Å². The molecule has 4 rings (SSSR count). The first-order chi connectivity index (χ1) is 17.0. The van der Waals surface area contributed by atoms with Crippen LogP contribution in [0.3, 0.4) is 0 Å². The van der Waals surface area contributed by atoms with E-state index in [2.05, 4.69) is 5.32 Å². The Morgan fingerprint density at radius 2 is 1.42 bits per heavy atom. The van der Waals surface area contributed by atoms with E-state index in [1.165, 1.54) is 19.1 Å². The van der Waals surface area contributed by atoms with Crippen molar-refractivity contribution >= 4 is 23.0 Å². The van der Waals surface area contributed by atoms with Gasteiger partial charge in [0.2, 0.25) is 11.8 Å². The molecule has 0 saturated heterocycles. The average molecular weight is 489 g/mol. The highest BCUT2D eigenvalue weighted by molar-refractivity contribution is 5.97. The Hall–Kier alpha value is -4.66. The first-order valence-electron chi connectivity index (χ1n) is 11.2. The minimum atomic E-state index is -0.628. The van der Waals surface area contributed by atoms with Crippen molar-refractivity contribution in [3.05, 3.63) is 54.6 Å². The number of carbonyl (C=O) groups is 1. The second-order valence-electron chi connectivity index (χ2n) is 8.81. The number of benzene rings is 3. The lowest BCUT2D eigenvalue weighted by Crippen LogP contribution is -2.11. The molecule has 0 unspecified atom stereocenters. The van der Waals surface area contributed by atoms with Crippen LogP contribution in [0.25, 0.3) is 34.0 Å². The van der Waals surface area contributed by atoms with Crippen molar-refractivity contribution in [2.24, 2.45) is 0 Å². The predicted molar refractivity (Wildman–Crippen MR) is 141 cm³/mol. The number of nitrogens with one attached hydrogen (secondary N) is 1. The number of amides is 1. The van der Waals surface area contributed by atoms with Crippen molar-refractivity contribution in [2.75, 3.05) is 43.3 Å². The van der Waals surface area contributed by atoms with Crippen molar-refractivity contribution in [1.29, 1.82) is 0 Å². The van der Waals surface area contributed by atoms with Gasteiger partial charge >= 0.3 is 0 Å². The molecule has 0 radical (unpaired) electrons. The van der Waals surface area contributed by atoms with Gasteiger partial charge < -0.3 is 34.9 Å². The second kappa shape index (κ2) is 9.53. The molecule has 9 nitrogen and oxygen atoms in total. The van der Waals surface area contributed by atoms with Crippen LogP contribution in [0.4, 0.5) is 17.1 Å². The Bertz CT molecular complexity index is 1400. The normalized spacial score (nSPS) is 10.8. The number of nitrogens with zero attached hydrogens (tertiary/aromatic N) is 3. The highest BCUT2D eigenvalue weighted by Gasteiger charge is 2.23. The van der Waals surface area contributed by atoms with Gasteiger partial charge in [0, 0.05) is 63.2 Å². The molecule has 3 aromatic carbocycles. The van der Waals surface area contributed by atoms with Gasteiger partial charge in [-0.2, -0.15) is 0 Å². The van der Waals surface area contributed by atoms with Gasteiger partial charge in [-0.05, 0) is 54.6 Å². The van der Waals surface area contributed by atoms with Crippen LogP contribution >= 0.6 is 0 Å². The van der Waals surface area contributed by atoms with E-state index in [0.29, 0.717) is 22.7 Å². The van der Waals surface area contributed by atoms with Crippen LogP contribution in [0.15, 0.2) is 59.0 Å². The number of phenolic OH excluding ortho intramolecular Hbond substituents is 3. The summed E-state index contributed by atoms with van der Waals surface area (Å²) in [7, 11) is 7.70. The third kappa shape index (κ3) is 4.76. The third-order valence-electron chi connectivity index (χ3n) is 5.68. The molecule has 1 heterocycles. The summed E-state index contributed by atoms with van der Waals surface area (Å²) in [6.45, 7) is 1.43. The molecule has 4 N–H and O–H groups in total. The SMILES string of the molecule is CC(=O)Nc1cc(N(C)C)ccc1-c1nc(-c2cc(O)c(O)c(O)c2)oc1-c1ccc(N(C)C)cc1. The van der Waals surface area contributed by atoms with Gasteiger partial charge in [-0.1, -0.05) is 0 Å². The molecule has 0 spiro atoms. The van der Waals surface area contributed by atoms with Gasteiger partial charge in [-0.3, -0.25) is 4.79 Å². The van der Waals surface area contributed by atoms with E-state index in [1.807, 2.05) is 80.5 Å². The van der Waals surface area contributed by atoms with E-state index in [-0.39, 0.29) is 17.4 Å². The maximum atomic E-state index is 12.0. The monoisotopic (exact) mass is 488 g/mol. The van der Waals surface area contributed by atoms with E-state index in [0.717, 1.165) is 16.9 Å². The van der Waals surface area contributed by atoms with E-state index < -0.39 is 17.2 Å². The summed E-state index contributed by atoms with van der Waals surface area (Å²) < 4.78 is 6.18. The molecular formula is C27H28N4O5. The second-order valence-corrected chi connectivity index (χ2v) is 8.81. The Morgan fingerprint density at radius 3 is 1.97 bits per heavy atom. The summed E-state index contributed by atoms with van der Waals surface area (Å²) in [6, 6.07) is 15.8. The molecule has 0 aliphatic rings. The number of aromatic nitrogens is 1. The lowest BCUT2D eigenvalue weighted by Gasteiger charge is -2.17. The zero-order valence-corrected chi connectivity index (χ0v) is 20.7. The maximum absolute atomic E-state index is 12.0.